The molecule has 1 amide bonds. The third-order valence-electron chi connectivity index (χ3n) is 4.15. The molecule has 1 N–H and O–H groups in total. The minimum atomic E-state index is -0.326. The number of hydrogen-bond donors (Lipinski definition) is 1. The fourth-order valence-electron chi connectivity index (χ4n) is 2.88. The van der Waals surface area contributed by atoms with Gasteiger partial charge in [-0.05, 0) is 51.1 Å². The Bertz CT molecular complexity index is 961. The molecule has 1 aromatic heterocycles. The van der Waals surface area contributed by atoms with E-state index in [1.54, 1.807) is 25.3 Å². The number of fused-ring (bicyclic) bond motifs is 1. The summed E-state index contributed by atoms with van der Waals surface area (Å²) in [6, 6.07) is 10.8. The van der Waals surface area contributed by atoms with Crippen LogP contribution in [0.2, 0.25) is 0 Å². The molecule has 0 aliphatic carbocycles. The monoisotopic (exact) mass is 369 g/mol. The van der Waals surface area contributed by atoms with Crippen molar-refractivity contribution in [2.75, 3.05) is 25.6 Å². The maximum atomic E-state index is 12.7. The van der Waals surface area contributed by atoms with Crippen LogP contribution in [0.5, 0.6) is 17.2 Å². The Morgan fingerprint density at radius 1 is 1.04 bits per heavy atom. The first-order chi connectivity index (χ1) is 13.1. The third kappa shape index (κ3) is 3.84. The molecule has 2 aromatic carbocycles. The average molecular weight is 369 g/mol. The van der Waals surface area contributed by atoms with E-state index in [1.165, 1.54) is 0 Å². The highest BCUT2D eigenvalue weighted by atomic mass is 16.5. The summed E-state index contributed by atoms with van der Waals surface area (Å²) < 4.78 is 22.1. The SMILES string of the molecule is CCOc1ccc2oc(C(=O)Nc3ccc(OCC)c(OC)c3)c(C)c2c1. The summed E-state index contributed by atoms with van der Waals surface area (Å²) in [5.41, 5.74) is 2.00. The van der Waals surface area contributed by atoms with Crippen LogP contribution in [0.1, 0.15) is 30.0 Å². The summed E-state index contributed by atoms with van der Waals surface area (Å²) in [6.07, 6.45) is 0. The predicted molar refractivity (Wildman–Crippen MR) is 104 cm³/mol. The Kier molecular flexibility index (Phi) is 5.54. The second-order valence-corrected chi connectivity index (χ2v) is 5.90. The second-order valence-electron chi connectivity index (χ2n) is 5.90. The van der Waals surface area contributed by atoms with Crippen molar-refractivity contribution in [1.29, 1.82) is 0 Å². The van der Waals surface area contributed by atoms with Crippen LogP contribution in [0.25, 0.3) is 11.0 Å². The lowest BCUT2D eigenvalue weighted by molar-refractivity contribution is 0.0998. The molecule has 0 radical (unpaired) electrons. The first kappa shape index (κ1) is 18.6. The van der Waals surface area contributed by atoms with E-state index in [0.717, 1.165) is 16.7 Å². The van der Waals surface area contributed by atoms with Gasteiger partial charge in [0.1, 0.15) is 11.3 Å². The first-order valence-electron chi connectivity index (χ1n) is 8.85. The average Bonchev–Trinajstić information content (AvgIpc) is 3.00. The van der Waals surface area contributed by atoms with Crippen LogP contribution < -0.4 is 19.5 Å². The van der Waals surface area contributed by atoms with E-state index in [-0.39, 0.29) is 11.7 Å². The minimum absolute atomic E-state index is 0.270. The van der Waals surface area contributed by atoms with Crippen LogP contribution in [0.15, 0.2) is 40.8 Å². The molecule has 0 saturated carbocycles. The summed E-state index contributed by atoms with van der Waals surface area (Å²) >= 11 is 0. The number of aryl methyl sites for hydroxylation is 1. The van der Waals surface area contributed by atoms with Gasteiger partial charge in [0.25, 0.3) is 5.91 Å². The van der Waals surface area contributed by atoms with Crippen LogP contribution in [-0.4, -0.2) is 26.2 Å². The van der Waals surface area contributed by atoms with Gasteiger partial charge >= 0.3 is 0 Å². The summed E-state index contributed by atoms with van der Waals surface area (Å²) in [4.78, 5) is 12.7. The highest BCUT2D eigenvalue weighted by Crippen LogP contribution is 2.32. The zero-order valence-corrected chi connectivity index (χ0v) is 15.9. The standard InChI is InChI=1S/C21H23NO5/c1-5-25-15-8-10-17-16(12-15)13(3)20(27-17)21(23)22-14-7-9-18(26-6-2)19(11-14)24-4/h7-12H,5-6H2,1-4H3,(H,22,23). The maximum Gasteiger partial charge on any atom is 0.291 e. The summed E-state index contributed by atoms with van der Waals surface area (Å²) in [5.74, 6) is 1.87. The van der Waals surface area contributed by atoms with E-state index in [9.17, 15) is 4.79 Å². The van der Waals surface area contributed by atoms with Crippen LogP contribution in [0, 0.1) is 6.92 Å². The molecule has 0 aliphatic heterocycles. The molecule has 1 heterocycles. The Labute approximate surface area is 158 Å². The van der Waals surface area contributed by atoms with Crippen LogP contribution in [0.3, 0.4) is 0 Å². The number of rotatable bonds is 7. The number of amides is 1. The topological polar surface area (TPSA) is 69.9 Å². The van der Waals surface area contributed by atoms with Crippen LogP contribution in [0.4, 0.5) is 5.69 Å². The van der Waals surface area contributed by atoms with Crippen LogP contribution in [-0.2, 0) is 0 Å². The van der Waals surface area contributed by atoms with Crippen molar-refractivity contribution in [3.05, 3.63) is 47.7 Å². The number of benzene rings is 2. The molecule has 0 saturated heterocycles. The van der Waals surface area contributed by atoms with Gasteiger partial charge in [-0.2, -0.15) is 0 Å². The third-order valence-corrected chi connectivity index (χ3v) is 4.15. The van der Waals surface area contributed by atoms with E-state index in [1.807, 2.05) is 39.0 Å². The number of anilines is 1. The minimum Gasteiger partial charge on any atom is -0.494 e. The van der Waals surface area contributed by atoms with Crippen molar-refractivity contribution in [2.45, 2.75) is 20.8 Å². The van der Waals surface area contributed by atoms with Gasteiger partial charge in [-0.3, -0.25) is 4.79 Å². The Hall–Kier alpha value is -3.15. The zero-order valence-electron chi connectivity index (χ0n) is 15.9. The largest absolute Gasteiger partial charge is 0.494 e. The number of ether oxygens (including phenoxy) is 3. The zero-order chi connectivity index (χ0) is 19.4. The number of carbonyl (C=O) groups is 1. The maximum absolute atomic E-state index is 12.7. The van der Waals surface area contributed by atoms with Crippen molar-refractivity contribution in [3.8, 4) is 17.2 Å². The van der Waals surface area contributed by atoms with E-state index in [0.29, 0.717) is 36.0 Å². The number of furan rings is 1. The molecular formula is C21H23NO5. The van der Waals surface area contributed by atoms with Crippen LogP contribution >= 0.6 is 0 Å². The van der Waals surface area contributed by atoms with Gasteiger partial charge in [-0.25, -0.2) is 0 Å². The highest BCUT2D eigenvalue weighted by molar-refractivity contribution is 6.06. The van der Waals surface area contributed by atoms with E-state index >= 15 is 0 Å². The molecule has 3 rings (SSSR count). The Morgan fingerprint density at radius 3 is 2.52 bits per heavy atom. The van der Waals surface area contributed by atoms with E-state index in [2.05, 4.69) is 5.32 Å². The second kappa shape index (κ2) is 8.03. The van der Waals surface area contributed by atoms with Gasteiger partial charge in [-0.15, -0.1) is 0 Å². The lowest BCUT2D eigenvalue weighted by atomic mass is 10.1. The van der Waals surface area contributed by atoms with Crippen molar-refractivity contribution >= 4 is 22.6 Å². The summed E-state index contributed by atoms with van der Waals surface area (Å²) in [7, 11) is 1.56. The molecule has 27 heavy (non-hydrogen) atoms. The van der Waals surface area contributed by atoms with Gasteiger partial charge in [0.2, 0.25) is 0 Å². The number of methoxy groups -OCH3 is 1. The smallest absolute Gasteiger partial charge is 0.291 e. The lowest BCUT2D eigenvalue weighted by Crippen LogP contribution is -2.12. The van der Waals surface area contributed by atoms with Gasteiger partial charge in [0.15, 0.2) is 17.3 Å². The van der Waals surface area contributed by atoms with E-state index < -0.39 is 0 Å². The quantitative estimate of drug-likeness (QED) is 0.648. The molecule has 0 aliphatic rings. The lowest BCUT2D eigenvalue weighted by Gasteiger charge is -2.11. The molecule has 142 valence electrons. The number of nitrogens with one attached hydrogen (secondary N) is 1. The normalized spacial score (nSPS) is 10.7. The van der Waals surface area contributed by atoms with E-state index in [4.69, 9.17) is 18.6 Å². The summed E-state index contributed by atoms with van der Waals surface area (Å²) in [6.45, 7) is 6.79. The Balaban J connectivity index is 1.87. The molecule has 0 unspecified atom stereocenters. The first-order valence-corrected chi connectivity index (χ1v) is 8.85. The molecule has 0 bridgehead atoms. The van der Waals surface area contributed by atoms with Crippen molar-refractivity contribution in [3.63, 3.8) is 0 Å². The fourth-order valence-corrected chi connectivity index (χ4v) is 2.88. The van der Waals surface area contributed by atoms with Crippen molar-refractivity contribution < 1.29 is 23.4 Å². The van der Waals surface area contributed by atoms with Crippen molar-refractivity contribution in [2.24, 2.45) is 0 Å². The molecule has 0 fully saturated rings. The van der Waals surface area contributed by atoms with Gasteiger partial charge in [-0.1, -0.05) is 0 Å². The molecule has 0 atom stereocenters. The predicted octanol–water partition coefficient (Wildman–Crippen LogP) is 4.80. The highest BCUT2D eigenvalue weighted by Gasteiger charge is 2.19. The van der Waals surface area contributed by atoms with Gasteiger partial charge in [0, 0.05) is 22.7 Å². The summed E-state index contributed by atoms with van der Waals surface area (Å²) in [5, 5.41) is 3.70. The molecule has 6 heteroatoms. The van der Waals surface area contributed by atoms with Crippen molar-refractivity contribution in [1.82, 2.24) is 0 Å². The molecule has 0 spiro atoms. The number of hydrogen-bond acceptors (Lipinski definition) is 5. The van der Waals surface area contributed by atoms with Gasteiger partial charge < -0.3 is 23.9 Å². The van der Waals surface area contributed by atoms with Gasteiger partial charge in [0.05, 0.1) is 20.3 Å². The molecule has 6 nitrogen and oxygen atoms in total. The number of carbonyl (C=O) groups excluding carboxylic acids is 1. The Morgan fingerprint density at radius 2 is 1.81 bits per heavy atom. The molecule has 3 aromatic rings. The molecular weight excluding hydrogens is 346 g/mol. The fraction of sp³-hybridized carbons (Fsp3) is 0.286.